The molecule has 132 valence electrons. The molecule has 3 rings (SSSR count). The Morgan fingerprint density at radius 3 is 2.76 bits per heavy atom. The molecule has 0 unspecified atom stereocenters. The van der Waals surface area contributed by atoms with Gasteiger partial charge in [0.1, 0.15) is 17.1 Å². The summed E-state index contributed by atoms with van der Waals surface area (Å²) in [7, 11) is 0. The molecule has 2 aromatic carbocycles. The predicted molar refractivity (Wildman–Crippen MR) is 98.3 cm³/mol. The Bertz CT molecular complexity index is 782. The molecule has 25 heavy (non-hydrogen) atoms. The molecule has 4 heteroatoms. The zero-order chi connectivity index (χ0) is 18.0. The van der Waals surface area contributed by atoms with Gasteiger partial charge in [0.2, 0.25) is 0 Å². The minimum atomic E-state index is -0.318. The van der Waals surface area contributed by atoms with Crippen LogP contribution in [0.25, 0.3) is 0 Å². The van der Waals surface area contributed by atoms with Crippen LogP contribution in [0.3, 0.4) is 0 Å². The van der Waals surface area contributed by atoms with E-state index in [9.17, 15) is 4.79 Å². The molecule has 0 saturated heterocycles. The summed E-state index contributed by atoms with van der Waals surface area (Å²) in [5.41, 5.74) is 2.31. The lowest BCUT2D eigenvalue weighted by molar-refractivity contribution is 0.0619. The van der Waals surface area contributed by atoms with E-state index in [-0.39, 0.29) is 17.6 Å². The summed E-state index contributed by atoms with van der Waals surface area (Å²) in [6, 6.07) is 13.4. The Kier molecular flexibility index (Phi) is 4.71. The Hall–Kier alpha value is -2.49. The highest BCUT2D eigenvalue weighted by atomic mass is 16.5. The molecule has 1 atom stereocenters. The van der Waals surface area contributed by atoms with Crippen LogP contribution in [0.15, 0.2) is 42.5 Å². The number of aryl methyl sites for hydroxylation is 1. The largest absolute Gasteiger partial charge is 0.494 e. The van der Waals surface area contributed by atoms with E-state index in [0.717, 1.165) is 29.0 Å². The Morgan fingerprint density at radius 1 is 1.28 bits per heavy atom. The van der Waals surface area contributed by atoms with E-state index in [4.69, 9.17) is 9.47 Å². The third kappa shape index (κ3) is 3.78. The highest BCUT2D eigenvalue weighted by molar-refractivity contribution is 5.95. The number of carbonyl (C=O) groups is 1. The molecule has 0 radical (unpaired) electrons. The normalized spacial score (nSPS) is 18.0. The average Bonchev–Trinajstić information content (AvgIpc) is 2.55. The standard InChI is InChI=1S/C21H25NO3/c1-5-24-18-11-10-15(12-14(18)2)20(23)22-17-13-21(3,4)25-19-9-7-6-8-16(17)19/h6-12,17H,5,13H2,1-4H3,(H,22,23)/t17-/m0/s1. The lowest BCUT2D eigenvalue weighted by atomic mass is 9.89. The first kappa shape index (κ1) is 17.3. The van der Waals surface area contributed by atoms with Crippen LogP contribution >= 0.6 is 0 Å². The number of para-hydroxylation sites is 1. The van der Waals surface area contributed by atoms with Crippen molar-refractivity contribution in [2.45, 2.75) is 45.8 Å². The first-order chi connectivity index (χ1) is 11.9. The number of hydrogen-bond acceptors (Lipinski definition) is 3. The first-order valence-corrected chi connectivity index (χ1v) is 8.72. The van der Waals surface area contributed by atoms with Gasteiger partial charge in [-0.05, 0) is 57.5 Å². The molecule has 0 bridgehead atoms. The van der Waals surface area contributed by atoms with Crippen LogP contribution in [-0.2, 0) is 0 Å². The predicted octanol–water partition coefficient (Wildman–Crippen LogP) is 4.43. The summed E-state index contributed by atoms with van der Waals surface area (Å²) < 4.78 is 11.6. The molecule has 4 nitrogen and oxygen atoms in total. The van der Waals surface area contributed by atoms with E-state index in [1.807, 2.05) is 70.2 Å². The molecule has 1 N–H and O–H groups in total. The van der Waals surface area contributed by atoms with Crippen molar-refractivity contribution in [3.63, 3.8) is 0 Å². The molecule has 0 aromatic heterocycles. The quantitative estimate of drug-likeness (QED) is 0.896. The molecular weight excluding hydrogens is 314 g/mol. The van der Waals surface area contributed by atoms with Crippen molar-refractivity contribution < 1.29 is 14.3 Å². The van der Waals surface area contributed by atoms with Crippen LogP contribution in [0, 0.1) is 6.92 Å². The third-order valence-electron chi connectivity index (χ3n) is 4.42. The smallest absolute Gasteiger partial charge is 0.251 e. The topological polar surface area (TPSA) is 47.6 Å². The monoisotopic (exact) mass is 339 g/mol. The lowest BCUT2D eigenvalue weighted by Crippen LogP contribution is -2.41. The van der Waals surface area contributed by atoms with Gasteiger partial charge in [-0.3, -0.25) is 4.79 Å². The second-order valence-electron chi connectivity index (χ2n) is 7.04. The van der Waals surface area contributed by atoms with Gasteiger partial charge in [-0.25, -0.2) is 0 Å². The number of amides is 1. The maximum Gasteiger partial charge on any atom is 0.251 e. The number of ether oxygens (including phenoxy) is 2. The summed E-state index contributed by atoms with van der Waals surface area (Å²) in [6.07, 6.45) is 0.728. The number of hydrogen-bond donors (Lipinski definition) is 1. The summed E-state index contributed by atoms with van der Waals surface area (Å²) in [4.78, 5) is 12.8. The van der Waals surface area contributed by atoms with E-state index in [1.165, 1.54) is 0 Å². The van der Waals surface area contributed by atoms with Gasteiger partial charge in [0.05, 0.1) is 12.6 Å². The minimum Gasteiger partial charge on any atom is -0.494 e. The van der Waals surface area contributed by atoms with Gasteiger partial charge in [0.15, 0.2) is 0 Å². The van der Waals surface area contributed by atoms with Crippen molar-refractivity contribution in [3.05, 3.63) is 59.2 Å². The minimum absolute atomic E-state index is 0.0701. The van der Waals surface area contributed by atoms with E-state index < -0.39 is 0 Å². The number of carbonyl (C=O) groups excluding carboxylic acids is 1. The second kappa shape index (κ2) is 6.79. The van der Waals surface area contributed by atoms with Crippen LogP contribution in [0.4, 0.5) is 0 Å². The molecular formula is C21H25NO3. The van der Waals surface area contributed by atoms with Gasteiger partial charge in [0.25, 0.3) is 5.91 Å². The number of rotatable bonds is 4. The molecule has 0 fully saturated rings. The van der Waals surface area contributed by atoms with Crippen LogP contribution in [-0.4, -0.2) is 18.1 Å². The van der Waals surface area contributed by atoms with Gasteiger partial charge < -0.3 is 14.8 Å². The summed E-state index contributed by atoms with van der Waals surface area (Å²) in [5.74, 6) is 1.58. The molecule has 1 aliphatic rings. The fraction of sp³-hybridized carbons (Fsp3) is 0.381. The van der Waals surface area contributed by atoms with E-state index in [0.29, 0.717) is 12.2 Å². The van der Waals surface area contributed by atoms with E-state index >= 15 is 0 Å². The fourth-order valence-corrected chi connectivity index (χ4v) is 3.28. The van der Waals surface area contributed by atoms with Gasteiger partial charge in [-0.15, -0.1) is 0 Å². The van der Waals surface area contributed by atoms with E-state index in [1.54, 1.807) is 0 Å². The lowest BCUT2D eigenvalue weighted by Gasteiger charge is -2.37. The Balaban J connectivity index is 1.82. The molecule has 1 amide bonds. The highest BCUT2D eigenvalue weighted by Gasteiger charge is 2.34. The Labute approximate surface area is 149 Å². The zero-order valence-corrected chi connectivity index (χ0v) is 15.3. The number of nitrogens with one attached hydrogen (secondary N) is 1. The van der Waals surface area contributed by atoms with Crippen molar-refractivity contribution in [2.24, 2.45) is 0 Å². The summed E-state index contributed by atoms with van der Waals surface area (Å²) in [5, 5.41) is 3.17. The van der Waals surface area contributed by atoms with Crippen LogP contribution in [0.1, 0.15) is 54.7 Å². The van der Waals surface area contributed by atoms with Crippen molar-refractivity contribution in [3.8, 4) is 11.5 Å². The fourth-order valence-electron chi connectivity index (χ4n) is 3.28. The van der Waals surface area contributed by atoms with Gasteiger partial charge in [0, 0.05) is 17.5 Å². The highest BCUT2D eigenvalue weighted by Crippen LogP contribution is 2.39. The van der Waals surface area contributed by atoms with Crippen LogP contribution in [0.5, 0.6) is 11.5 Å². The number of fused-ring (bicyclic) bond motifs is 1. The third-order valence-corrected chi connectivity index (χ3v) is 4.42. The number of benzene rings is 2. The van der Waals surface area contributed by atoms with Gasteiger partial charge >= 0.3 is 0 Å². The van der Waals surface area contributed by atoms with Crippen molar-refractivity contribution in [1.82, 2.24) is 5.32 Å². The van der Waals surface area contributed by atoms with Crippen LogP contribution in [0.2, 0.25) is 0 Å². The molecule has 2 aromatic rings. The first-order valence-electron chi connectivity index (χ1n) is 8.72. The maximum absolute atomic E-state index is 12.8. The van der Waals surface area contributed by atoms with Crippen molar-refractivity contribution in [1.29, 1.82) is 0 Å². The molecule has 0 spiro atoms. The molecule has 0 aliphatic carbocycles. The van der Waals surface area contributed by atoms with Crippen molar-refractivity contribution >= 4 is 5.91 Å². The van der Waals surface area contributed by atoms with E-state index in [2.05, 4.69) is 5.32 Å². The molecule has 1 aliphatic heterocycles. The summed E-state index contributed by atoms with van der Waals surface area (Å²) in [6.45, 7) is 8.60. The maximum atomic E-state index is 12.8. The van der Waals surface area contributed by atoms with Crippen molar-refractivity contribution in [2.75, 3.05) is 6.61 Å². The zero-order valence-electron chi connectivity index (χ0n) is 15.3. The molecule has 0 saturated carbocycles. The SMILES string of the molecule is CCOc1ccc(C(=O)N[C@H]2CC(C)(C)Oc3ccccc32)cc1C. The van der Waals surface area contributed by atoms with Crippen LogP contribution < -0.4 is 14.8 Å². The van der Waals surface area contributed by atoms with Gasteiger partial charge in [-0.2, -0.15) is 0 Å². The summed E-state index contributed by atoms with van der Waals surface area (Å²) >= 11 is 0. The second-order valence-corrected chi connectivity index (χ2v) is 7.04. The Morgan fingerprint density at radius 2 is 2.04 bits per heavy atom. The average molecular weight is 339 g/mol. The van der Waals surface area contributed by atoms with Gasteiger partial charge in [-0.1, -0.05) is 18.2 Å². The molecule has 1 heterocycles.